The largest absolute Gasteiger partial charge is 0.450 e. The number of alkyl carbamates (subject to hydrolysis) is 1. The number of nitrogens with one attached hydrogen (secondary N) is 1. The fourth-order valence-electron chi connectivity index (χ4n) is 2.36. The van der Waals surface area contributed by atoms with E-state index in [1.54, 1.807) is 19.1 Å². The lowest BCUT2D eigenvalue weighted by Crippen LogP contribution is -2.46. The summed E-state index contributed by atoms with van der Waals surface area (Å²) in [5, 5.41) is 3.13. The Kier molecular flexibility index (Phi) is 5.66. The minimum atomic E-state index is -3.54. The second-order valence-electron chi connectivity index (χ2n) is 5.00. The van der Waals surface area contributed by atoms with Crippen LogP contribution in [0, 0.1) is 0 Å². The number of carbonyl (C=O) groups excluding carboxylic acids is 1. The molecule has 1 N–H and O–H groups in total. The minimum absolute atomic E-state index is 0.0649. The molecular weight excluding hydrogens is 328 g/mol. The maximum absolute atomic E-state index is 12.5. The third kappa shape index (κ3) is 4.12. The van der Waals surface area contributed by atoms with Crippen molar-refractivity contribution in [3.05, 3.63) is 29.3 Å². The van der Waals surface area contributed by atoms with E-state index in [0.717, 1.165) is 0 Å². The maximum Gasteiger partial charge on any atom is 0.407 e. The predicted octanol–water partition coefficient (Wildman–Crippen LogP) is 2.24. The van der Waals surface area contributed by atoms with Crippen molar-refractivity contribution >= 4 is 27.7 Å². The standard InChI is InChI=1S/C14H19ClN2O4S/c1-2-21-14(18)16-12-6-8-17(9-7-12)22(19,20)13-5-3-4-11(15)10-13/h3-5,10,12H,2,6-9H2,1H3,(H,16,18). The molecule has 1 amide bonds. The van der Waals surface area contributed by atoms with Gasteiger partial charge in [-0.3, -0.25) is 0 Å². The molecule has 22 heavy (non-hydrogen) atoms. The minimum Gasteiger partial charge on any atom is -0.450 e. The van der Waals surface area contributed by atoms with Crippen LogP contribution in [0.1, 0.15) is 19.8 Å². The predicted molar refractivity (Wildman–Crippen MR) is 83.4 cm³/mol. The van der Waals surface area contributed by atoms with Crippen LogP contribution >= 0.6 is 11.6 Å². The van der Waals surface area contributed by atoms with Gasteiger partial charge in [-0.05, 0) is 38.0 Å². The number of amides is 1. The lowest BCUT2D eigenvalue weighted by Gasteiger charge is -2.31. The van der Waals surface area contributed by atoms with E-state index in [4.69, 9.17) is 16.3 Å². The van der Waals surface area contributed by atoms with E-state index in [-0.39, 0.29) is 10.9 Å². The van der Waals surface area contributed by atoms with Gasteiger partial charge >= 0.3 is 6.09 Å². The molecule has 0 unspecified atom stereocenters. The van der Waals surface area contributed by atoms with Crippen LogP contribution in [-0.2, 0) is 14.8 Å². The third-order valence-electron chi connectivity index (χ3n) is 3.49. The quantitative estimate of drug-likeness (QED) is 0.907. The molecule has 1 heterocycles. The van der Waals surface area contributed by atoms with E-state index in [1.807, 2.05) is 0 Å². The zero-order valence-corrected chi connectivity index (χ0v) is 13.9. The zero-order chi connectivity index (χ0) is 16.2. The lowest BCUT2D eigenvalue weighted by molar-refractivity contribution is 0.143. The molecule has 1 aliphatic rings. The Hall–Kier alpha value is -1.31. The Bertz CT molecular complexity index is 627. The molecule has 1 saturated heterocycles. The molecule has 2 rings (SSSR count). The van der Waals surface area contributed by atoms with Crippen molar-refractivity contribution in [3.63, 3.8) is 0 Å². The molecule has 6 nitrogen and oxygen atoms in total. The van der Waals surface area contributed by atoms with Crippen LogP contribution in [0.25, 0.3) is 0 Å². The fourth-order valence-corrected chi connectivity index (χ4v) is 4.13. The highest BCUT2D eigenvalue weighted by Crippen LogP contribution is 2.23. The number of carbonyl (C=O) groups is 1. The molecule has 1 aliphatic heterocycles. The molecule has 0 radical (unpaired) electrons. The van der Waals surface area contributed by atoms with Gasteiger partial charge in [0.2, 0.25) is 10.0 Å². The molecule has 1 aromatic carbocycles. The van der Waals surface area contributed by atoms with Crippen molar-refractivity contribution in [1.29, 1.82) is 0 Å². The van der Waals surface area contributed by atoms with Gasteiger partial charge in [-0.1, -0.05) is 17.7 Å². The Morgan fingerprint density at radius 1 is 1.41 bits per heavy atom. The average Bonchev–Trinajstić information content (AvgIpc) is 2.48. The summed E-state index contributed by atoms with van der Waals surface area (Å²) >= 11 is 5.86. The smallest absolute Gasteiger partial charge is 0.407 e. The highest BCUT2D eigenvalue weighted by Gasteiger charge is 2.30. The van der Waals surface area contributed by atoms with Crippen molar-refractivity contribution in [2.24, 2.45) is 0 Å². The molecule has 0 bridgehead atoms. The van der Waals surface area contributed by atoms with E-state index >= 15 is 0 Å². The molecule has 0 saturated carbocycles. The van der Waals surface area contributed by atoms with Crippen molar-refractivity contribution in [2.75, 3.05) is 19.7 Å². The zero-order valence-electron chi connectivity index (χ0n) is 12.3. The normalized spacial score (nSPS) is 17.2. The van der Waals surface area contributed by atoms with Crippen LogP contribution in [0.3, 0.4) is 0 Å². The SMILES string of the molecule is CCOC(=O)NC1CCN(S(=O)(=O)c2cccc(Cl)c2)CC1. The van der Waals surface area contributed by atoms with E-state index in [0.29, 0.717) is 37.6 Å². The Morgan fingerprint density at radius 3 is 2.68 bits per heavy atom. The molecular formula is C14H19ClN2O4S. The van der Waals surface area contributed by atoms with Gasteiger partial charge in [-0.15, -0.1) is 0 Å². The summed E-state index contributed by atoms with van der Waals surface area (Å²) in [6, 6.07) is 6.16. The van der Waals surface area contributed by atoms with Crippen LogP contribution < -0.4 is 5.32 Å². The average molecular weight is 347 g/mol. The molecule has 0 atom stereocenters. The third-order valence-corrected chi connectivity index (χ3v) is 5.61. The van der Waals surface area contributed by atoms with Crippen LogP contribution in [0.15, 0.2) is 29.2 Å². The highest BCUT2D eigenvalue weighted by molar-refractivity contribution is 7.89. The van der Waals surface area contributed by atoms with Crippen LogP contribution in [-0.4, -0.2) is 44.6 Å². The van der Waals surface area contributed by atoms with E-state index in [1.165, 1.54) is 16.4 Å². The molecule has 8 heteroatoms. The number of rotatable bonds is 4. The lowest BCUT2D eigenvalue weighted by atomic mass is 10.1. The Morgan fingerprint density at radius 2 is 2.09 bits per heavy atom. The molecule has 1 aromatic rings. The second kappa shape index (κ2) is 7.30. The van der Waals surface area contributed by atoms with Crippen molar-refractivity contribution in [3.8, 4) is 0 Å². The first-order chi connectivity index (χ1) is 10.4. The number of benzene rings is 1. The molecule has 0 aliphatic carbocycles. The van der Waals surface area contributed by atoms with Crippen LogP contribution in [0.2, 0.25) is 5.02 Å². The first-order valence-electron chi connectivity index (χ1n) is 7.12. The summed E-state index contributed by atoms with van der Waals surface area (Å²) < 4.78 is 31.3. The molecule has 1 fully saturated rings. The van der Waals surface area contributed by atoms with Gasteiger partial charge in [-0.25, -0.2) is 13.2 Å². The van der Waals surface area contributed by atoms with Crippen LogP contribution in [0.5, 0.6) is 0 Å². The van der Waals surface area contributed by atoms with E-state index in [9.17, 15) is 13.2 Å². The topological polar surface area (TPSA) is 75.7 Å². The summed E-state index contributed by atoms with van der Waals surface area (Å²) in [7, 11) is -3.54. The number of nitrogens with zero attached hydrogens (tertiary/aromatic N) is 1. The Labute approximate surface area is 135 Å². The van der Waals surface area contributed by atoms with Gasteiger partial charge in [0.15, 0.2) is 0 Å². The van der Waals surface area contributed by atoms with Gasteiger partial charge in [-0.2, -0.15) is 4.31 Å². The number of hydrogen-bond donors (Lipinski definition) is 1. The van der Waals surface area contributed by atoms with Crippen LogP contribution in [0.4, 0.5) is 4.79 Å². The molecule has 0 aromatic heterocycles. The maximum atomic E-state index is 12.5. The second-order valence-corrected chi connectivity index (χ2v) is 7.37. The summed E-state index contributed by atoms with van der Waals surface area (Å²) in [4.78, 5) is 11.6. The fraction of sp³-hybridized carbons (Fsp3) is 0.500. The van der Waals surface area contributed by atoms with Gasteiger partial charge in [0.1, 0.15) is 0 Å². The summed E-state index contributed by atoms with van der Waals surface area (Å²) in [6.45, 7) is 2.76. The van der Waals surface area contributed by atoms with Gasteiger partial charge in [0.25, 0.3) is 0 Å². The van der Waals surface area contributed by atoms with Gasteiger partial charge < -0.3 is 10.1 Å². The number of halogens is 1. The van der Waals surface area contributed by atoms with Gasteiger partial charge in [0, 0.05) is 24.2 Å². The first kappa shape index (κ1) is 17.1. The van der Waals surface area contributed by atoms with Crippen molar-refractivity contribution in [2.45, 2.75) is 30.7 Å². The summed E-state index contributed by atoms with van der Waals surface area (Å²) in [6.07, 6.45) is 0.649. The monoisotopic (exact) mass is 346 g/mol. The van der Waals surface area contributed by atoms with Gasteiger partial charge in [0.05, 0.1) is 11.5 Å². The summed E-state index contributed by atoms with van der Waals surface area (Å²) in [5.41, 5.74) is 0. The van der Waals surface area contributed by atoms with E-state index < -0.39 is 16.1 Å². The number of sulfonamides is 1. The number of hydrogen-bond acceptors (Lipinski definition) is 4. The van der Waals surface area contributed by atoms with Crippen molar-refractivity contribution < 1.29 is 17.9 Å². The molecule has 122 valence electrons. The van der Waals surface area contributed by atoms with E-state index in [2.05, 4.69) is 5.32 Å². The number of ether oxygens (including phenoxy) is 1. The summed E-state index contributed by atoms with van der Waals surface area (Å²) in [5.74, 6) is 0. The first-order valence-corrected chi connectivity index (χ1v) is 8.94. The number of piperidine rings is 1. The Balaban J connectivity index is 1.97. The van der Waals surface area contributed by atoms with Crippen molar-refractivity contribution in [1.82, 2.24) is 9.62 Å². The highest BCUT2D eigenvalue weighted by atomic mass is 35.5. The molecule has 0 spiro atoms.